The second-order valence-corrected chi connectivity index (χ2v) is 12.1. The molecule has 1 heterocycles. The highest BCUT2D eigenvalue weighted by Crippen LogP contribution is 2.23. The van der Waals surface area contributed by atoms with Crippen LogP contribution in [0.2, 0.25) is 0 Å². The summed E-state index contributed by atoms with van der Waals surface area (Å²) in [5, 5.41) is 2.71. The number of pyridine rings is 1. The predicted octanol–water partition coefficient (Wildman–Crippen LogP) is 4.41. The first-order valence-corrected chi connectivity index (χ1v) is 14.8. The minimum Gasteiger partial charge on any atom is -0.322 e. The van der Waals surface area contributed by atoms with Crippen LogP contribution in [0.4, 0.5) is 17.2 Å². The summed E-state index contributed by atoms with van der Waals surface area (Å²) in [5.74, 6) is -0.231. The van der Waals surface area contributed by atoms with E-state index >= 15 is 0 Å². The molecule has 0 radical (unpaired) electrons. The molecule has 1 amide bonds. The van der Waals surface area contributed by atoms with E-state index < -0.39 is 26.0 Å². The zero-order valence-electron chi connectivity index (χ0n) is 20.7. The van der Waals surface area contributed by atoms with E-state index in [-0.39, 0.29) is 17.3 Å². The number of benzene rings is 3. The summed E-state index contributed by atoms with van der Waals surface area (Å²) in [5.41, 5.74) is 2.99. The van der Waals surface area contributed by atoms with Crippen LogP contribution in [0, 0.1) is 6.92 Å². The number of carbonyl (C=O) groups excluding carboxylic acids is 1. The molecule has 0 unspecified atom stereocenters. The van der Waals surface area contributed by atoms with E-state index in [0.717, 1.165) is 17.4 Å². The van der Waals surface area contributed by atoms with Crippen molar-refractivity contribution < 1.29 is 21.6 Å². The molecule has 38 heavy (non-hydrogen) atoms. The van der Waals surface area contributed by atoms with E-state index in [2.05, 4.69) is 15.0 Å². The van der Waals surface area contributed by atoms with Crippen LogP contribution < -0.4 is 14.3 Å². The number of hydrogen-bond donors (Lipinski definition) is 2. The summed E-state index contributed by atoms with van der Waals surface area (Å²) in [4.78, 5) is 16.7. The minimum absolute atomic E-state index is 0.0139. The standard InChI is InChI=1S/C27H26N4O5S2/c1-20-7-3-4-8-22(20)19-31(37(2,33)34)24-14-10-21(11-15-24)27(32)29-23-12-16-25(17-13-23)38(35,36)30-26-9-5-6-18-28-26/h3-18H,19H2,1-2H3,(H,28,30)(H,29,32). The third-order valence-corrected chi connectivity index (χ3v) is 8.23. The molecule has 9 nitrogen and oxygen atoms in total. The van der Waals surface area contributed by atoms with Crippen LogP contribution in [-0.4, -0.2) is 34.0 Å². The SMILES string of the molecule is Cc1ccccc1CN(c1ccc(C(=O)Nc2ccc(S(=O)(=O)Nc3ccccn3)cc2)cc1)S(C)(=O)=O. The molecular weight excluding hydrogens is 524 g/mol. The maximum absolute atomic E-state index is 12.8. The van der Waals surface area contributed by atoms with Gasteiger partial charge in [-0.3, -0.25) is 13.8 Å². The molecule has 11 heteroatoms. The van der Waals surface area contributed by atoms with Gasteiger partial charge in [-0.15, -0.1) is 0 Å². The number of aryl methyl sites for hydroxylation is 1. The van der Waals surface area contributed by atoms with Gasteiger partial charge in [0.05, 0.1) is 23.4 Å². The number of nitrogens with zero attached hydrogens (tertiary/aromatic N) is 2. The third-order valence-electron chi connectivity index (χ3n) is 5.72. The Hall–Kier alpha value is -4.22. The van der Waals surface area contributed by atoms with Crippen LogP contribution in [0.25, 0.3) is 0 Å². The van der Waals surface area contributed by atoms with Crippen LogP contribution in [0.3, 0.4) is 0 Å². The van der Waals surface area contributed by atoms with E-state index in [9.17, 15) is 21.6 Å². The lowest BCUT2D eigenvalue weighted by molar-refractivity contribution is 0.102. The molecule has 0 atom stereocenters. The van der Waals surface area contributed by atoms with Gasteiger partial charge in [0.1, 0.15) is 5.82 Å². The Morgan fingerprint density at radius 2 is 1.50 bits per heavy atom. The van der Waals surface area contributed by atoms with Gasteiger partial charge in [0.2, 0.25) is 10.0 Å². The Kier molecular flexibility index (Phi) is 7.79. The summed E-state index contributed by atoms with van der Waals surface area (Å²) in [6.45, 7) is 2.09. The van der Waals surface area contributed by atoms with Gasteiger partial charge in [-0.25, -0.2) is 21.8 Å². The van der Waals surface area contributed by atoms with Crippen LogP contribution in [0.1, 0.15) is 21.5 Å². The molecular formula is C27H26N4O5S2. The lowest BCUT2D eigenvalue weighted by Crippen LogP contribution is -2.29. The number of sulfonamides is 2. The Balaban J connectivity index is 1.45. The van der Waals surface area contributed by atoms with Crippen molar-refractivity contribution in [1.82, 2.24) is 4.98 Å². The molecule has 2 N–H and O–H groups in total. The van der Waals surface area contributed by atoms with Gasteiger partial charge in [0.15, 0.2) is 0 Å². The quantitative estimate of drug-likeness (QED) is 0.318. The Morgan fingerprint density at radius 3 is 2.11 bits per heavy atom. The first-order chi connectivity index (χ1) is 18.0. The van der Waals surface area contributed by atoms with E-state index in [1.54, 1.807) is 24.3 Å². The van der Waals surface area contributed by atoms with Gasteiger partial charge in [-0.1, -0.05) is 30.3 Å². The van der Waals surface area contributed by atoms with Crippen molar-refractivity contribution in [1.29, 1.82) is 0 Å². The van der Waals surface area contributed by atoms with Crippen molar-refractivity contribution in [3.8, 4) is 0 Å². The molecule has 4 rings (SSSR count). The second-order valence-electron chi connectivity index (χ2n) is 8.54. The topological polar surface area (TPSA) is 126 Å². The lowest BCUT2D eigenvalue weighted by Gasteiger charge is -2.23. The number of rotatable bonds is 9. The summed E-state index contributed by atoms with van der Waals surface area (Å²) in [6, 6.07) is 24.4. The largest absolute Gasteiger partial charge is 0.322 e. The first kappa shape index (κ1) is 26.8. The average Bonchev–Trinajstić information content (AvgIpc) is 2.88. The van der Waals surface area contributed by atoms with Crippen molar-refractivity contribution in [2.75, 3.05) is 20.6 Å². The van der Waals surface area contributed by atoms with Crippen LogP contribution in [0.5, 0.6) is 0 Å². The van der Waals surface area contributed by atoms with Crippen LogP contribution in [-0.2, 0) is 26.6 Å². The summed E-state index contributed by atoms with van der Waals surface area (Å²) >= 11 is 0. The lowest BCUT2D eigenvalue weighted by atomic mass is 10.1. The molecule has 1 aromatic heterocycles. The number of amides is 1. The number of hydrogen-bond acceptors (Lipinski definition) is 6. The molecule has 0 saturated carbocycles. The highest BCUT2D eigenvalue weighted by molar-refractivity contribution is 7.92. The molecule has 0 aliphatic rings. The van der Waals surface area contributed by atoms with E-state index in [1.807, 2.05) is 31.2 Å². The predicted molar refractivity (Wildman–Crippen MR) is 148 cm³/mol. The van der Waals surface area contributed by atoms with E-state index in [0.29, 0.717) is 16.9 Å². The highest BCUT2D eigenvalue weighted by Gasteiger charge is 2.20. The van der Waals surface area contributed by atoms with Gasteiger partial charge in [-0.2, -0.15) is 0 Å². The highest BCUT2D eigenvalue weighted by atomic mass is 32.2. The molecule has 0 bridgehead atoms. The van der Waals surface area contributed by atoms with Gasteiger partial charge in [0.25, 0.3) is 15.9 Å². The monoisotopic (exact) mass is 550 g/mol. The van der Waals surface area contributed by atoms with Crippen LogP contribution in [0.15, 0.2) is 102 Å². The molecule has 0 fully saturated rings. The van der Waals surface area contributed by atoms with Gasteiger partial charge >= 0.3 is 0 Å². The fraction of sp³-hybridized carbons (Fsp3) is 0.111. The summed E-state index contributed by atoms with van der Waals surface area (Å²) < 4.78 is 53.8. The average molecular weight is 551 g/mol. The number of aromatic nitrogens is 1. The number of carbonyl (C=O) groups is 1. The molecule has 0 aliphatic carbocycles. The van der Waals surface area contributed by atoms with Crippen molar-refractivity contribution in [3.05, 3.63) is 114 Å². The van der Waals surface area contributed by atoms with Gasteiger partial charge < -0.3 is 5.32 Å². The van der Waals surface area contributed by atoms with Crippen molar-refractivity contribution in [3.63, 3.8) is 0 Å². The maximum Gasteiger partial charge on any atom is 0.263 e. The summed E-state index contributed by atoms with van der Waals surface area (Å²) in [6.07, 6.45) is 2.62. The molecule has 196 valence electrons. The second kappa shape index (κ2) is 11.0. The fourth-order valence-corrected chi connectivity index (χ4v) is 5.55. The van der Waals surface area contributed by atoms with Crippen molar-refractivity contribution >= 4 is 43.1 Å². The fourth-order valence-electron chi connectivity index (χ4n) is 3.66. The van der Waals surface area contributed by atoms with E-state index in [1.165, 1.54) is 53.0 Å². The normalized spacial score (nSPS) is 11.5. The molecule has 0 saturated heterocycles. The maximum atomic E-state index is 12.8. The van der Waals surface area contributed by atoms with Gasteiger partial charge in [0, 0.05) is 17.4 Å². The Labute approximate surface area is 222 Å². The molecule has 0 aliphatic heterocycles. The van der Waals surface area contributed by atoms with E-state index in [4.69, 9.17) is 0 Å². The Bertz CT molecular complexity index is 1640. The first-order valence-electron chi connectivity index (χ1n) is 11.5. The Morgan fingerprint density at radius 1 is 0.842 bits per heavy atom. The minimum atomic E-state index is -3.84. The van der Waals surface area contributed by atoms with Crippen molar-refractivity contribution in [2.45, 2.75) is 18.4 Å². The summed E-state index contributed by atoms with van der Waals surface area (Å²) in [7, 11) is -7.42. The zero-order chi connectivity index (χ0) is 27.3. The zero-order valence-corrected chi connectivity index (χ0v) is 22.3. The molecule has 0 spiro atoms. The van der Waals surface area contributed by atoms with Crippen molar-refractivity contribution in [2.24, 2.45) is 0 Å². The molecule has 3 aromatic carbocycles. The molecule has 4 aromatic rings. The van der Waals surface area contributed by atoms with Gasteiger partial charge in [-0.05, 0) is 78.7 Å². The third kappa shape index (κ3) is 6.55. The number of nitrogens with one attached hydrogen (secondary N) is 2. The smallest absolute Gasteiger partial charge is 0.263 e. The number of anilines is 3. The van der Waals surface area contributed by atoms with Crippen LogP contribution >= 0.6 is 0 Å².